The second kappa shape index (κ2) is 8.25. The molecule has 3 nitrogen and oxygen atoms in total. The van der Waals surface area contributed by atoms with Crippen molar-refractivity contribution >= 4 is 0 Å². The topological polar surface area (TPSA) is 60.7 Å². The van der Waals surface area contributed by atoms with Crippen LogP contribution in [-0.2, 0) is 0 Å². The van der Waals surface area contributed by atoms with Crippen LogP contribution in [-0.4, -0.2) is 35.1 Å². The van der Waals surface area contributed by atoms with Crippen molar-refractivity contribution in [1.82, 2.24) is 0 Å². The number of aliphatic hydroxyl groups is 3. The Morgan fingerprint density at radius 1 is 0.722 bits per heavy atom. The summed E-state index contributed by atoms with van der Waals surface area (Å²) < 4.78 is 0. The molecule has 0 aliphatic rings. The molecule has 0 amide bonds. The Kier molecular flexibility index (Phi) is 7.83. The Morgan fingerprint density at radius 3 is 1.44 bits per heavy atom. The number of hydrogen-bond acceptors (Lipinski definition) is 3. The van der Waals surface area contributed by atoms with Crippen molar-refractivity contribution in [1.29, 1.82) is 0 Å². The minimum atomic E-state index is -0.932. The molecule has 3 heteroatoms. The van der Waals surface area contributed by atoms with E-state index in [1.54, 1.807) is 18.2 Å². The van der Waals surface area contributed by atoms with Crippen LogP contribution in [0.2, 0.25) is 0 Å². The van der Waals surface area contributed by atoms with Crippen LogP contribution in [0.4, 0.5) is 0 Å². The van der Waals surface area contributed by atoms with Gasteiger partial charge in [-0.15, -0.1) is 19.7 Å². The number of allylic oxidation sites excluding steroid dienone is 3. The Morgan fingerprint density at radius 2 is 1.17 bits per heavy atom. The van der Waals surface area contributed by atoms with Gasteiger partial charge in [-0.25, -0.2) is 0 Å². The van der Waals surface area contributed by atoms with Gasteiger partial charge in [-0.2, -0.15) is 0 Å². The van der Waals surface area contributed by atoms with Crippen molar-refractivity contribution in [2.75, 3.05) is 19.8 Å². The van der Waals surface area contributed by atoms with Gasteiger partial charge in [0.05, 0.1) is 19.8 Å². The third-order valence-electron chi connectivity index (χ3n) is 3.93. The molecular formula is C15H26O3. The molecule has 18 heavy (non-hydrogen) atoms. The van der Waals surface area contributed by atoms with Crippen molar-refractivity contribution in [2.24, 2.45) is 10.8 Å². The molecule has 0 rings (SSSR count). The highest BCUT2D eigenvalue weighted by Crippen LogP contribution is 2.49. The van der Waals surface area contributed by atoms with Crippen LogP contribution in [0.25, 0.3) is 0 Å². The summed E-state index contributed by atoms with van der Waals surface area (Å²) in [5.74, 6) is 0. The van der Waals surface area contributed by atoms with Crippen LogP contribution >= 0.6 is 0 Å². The van der Waals surface area contributed by atoms with Crippen molar-refractivity contribution in [3.05, 3.63) is 38.0 Å². The van der Waals surface area contributed by atoms with Crippen molar-refractivity contribution in [3.8, 4) is 0 Å². The first kappa shape index (κ1) is 17.1. The van der Waals surface area contributed by atoms with E-state index in [0.717, 1.165) is 12.8 Å². The lowest BCUT2D eigenvalue weighted by molar-refractivity contribution is -0.0959. The lowest BCUT2D eigenvalue weighted by Crippen LogP contribution is -2.50. The predicted molar refractivity (Wildman–Crippen MR) is 75.2 cm³/mol. The van der Waals surface area contributed by atoms with Gasteiger partial charge in [0.1, 0.15) is 0 Å². The second-order valence-corrected chi connectivity index (χ2v) is 4.85. The van der Waals surface area contributed by atoms with Crippen molar-refractivity contribution in [3.63, 3.8) is 0 Å². The maximum absolute atomic E-state index is 9.65. The van der Waals surface area contributed by atoms with Gasteiger partial charge in [0.2, 0.25) is 0 Å². The summed E-state index contributed by atoms with van der Waals surface area (Å²) in [5.41, 5.74) is -1.37. The summed E-state index contributed by atoms with van der Waals surface area (Å²) in [5, 5.41) is 29.0. The Bertz CT molecular complexity index is 249. The van der Waals surface area contributed by atoms with E-state index in [2.05, 4.69) is 19.7 Å². The van der Waals surface area contributed by atoms with E-state index in [1.807, 2.05) is 0 Å². The molecule has 0 aromatic rings. The van der Waals surface area contributed by atoms with E-state index < -0.39 is 10.8 Å². The molecule has 0 aliphatic heterocycles. The molecule has 0 bridgehead atoms. The molecule has 0 heterocycles. The first-order valence-corrected chi connectivity index (χ1v) is 6.27. The van der Waals surface area contributed by atoms with Gasteiger partial charge < -0.3 is 15.3 Å². The molecule has 0 saturated heterocycles. The summed E-state index contributed by atoms with van der Waals surface area (Å²) in [6, 6.07) is 0. The highest BCUT2D eigenvalue weighted by molar-refractivity contribution is 5.04. The lowest BCUT2D eigenvalue weighted by Gasteiger charge is -2.48. The number of aliphatic hydroxyl groups excluding tert-OH is 3. The van der Waals surface area contributed by atoms with E-state index in [9.17, 15) is 15.3 Å². The fourth-order valence-electron chi connectivity index (χ4n) is 2.57. The summed E-state index contributed by atoms with van der Waals surface area (Å²) in [6.45, 7) is 10.4. The lowest BCUT2D eigenvalue weighted by atomic mass is 9.58. The molecule has 0 aromatic heterocycles. The zero-order valence-corrected chi connectivity index (χ0v) is 11.1. The van der Waals surface area contributed by atoms with Gasteiger partial charge in [-0.05, 0) is 31.1 Å². The van der Waals surface area contributed by atoms with Crippen molar-refractivity contribution < 1.29 is 15.3 Å². The van der Waals surface area contributed by atoms with Gasteiger partial charge >= 0.3 is 0 Å². The van der Waals surface area contributed by atoms with E-state index >= 15 is 0 Å². The quantitative estimate of drug-likeness (QED) is 0.495. The third kappa shape index (κ3) is 3.31. The first-order valence-electron chi connectivity index (χ1n) is 6.27. The molecule has 0 unspecified atom stereocenters. The summed E-state index contributed by atoms with van der Waals surface area (Å²) in [7, 11) is 0. The maximum Gasteiger partial charge on any atom is 0.0537 e. The molecule has 104 valence electrons. The SMILES string of the molecule is C=CCCC(CC=C)(CC=C)C(CO)(CO)CO. The minimum Gasteiger partial charge on any atom is -0.396 e. The van der Waals surface area contributed by atoms with Crippen LogP contribution in [0, 0.1) is 10.8 Å². The predicted octanol–water partition coefficient (Wildman–Crippen LogP) is 2.05. The van der Waals surface area contributed by atoms with Crippen LogP contribution in [0.15, 0.2) is 38.0 Å². The molecule has 0 radical (unpaired) electrons. The van der Waals surface area contributed by atoms with Gasteiger partial charge in [0.25, 0.3) is 0 Å². The normalized spacial score (nSPS) is 12.2. The summed E-state index contributed by atoms with van der Waals surface area (Å²) >= 11 is 0. The molecule has 0 atom stereocenters. The minimum absolute atomic E-state index is 0.265. The molecular weight excluding hydrogens is 228 g/mol. The number of hydrogen-bond donors (Lipinski definition) is 3. The smallest absolute Gasteiger partial charge is 0.0537 e. The summed E-state index contributed by atoms with van der Waals surface area (Å²) in [6.07, 6.45) is 8.02. The van der Waals surface area contributed by atoms with E-state index in [-0.39, 0.29) is 19.8 Å². The Hall–Kier alpha value is -0.900. The van der Waals surface area contributed by atoms with Crippen LogP contribution in [0.5, 0.6) is 0 Å². The number of rotatable bonds is 11. The van der Waals surface area contributed by atoms with Crippen LogP contribution in [0.3, 0.4) is 0 Å². The van der Waals surface area contributed by atoms with Crippen molar-refractivity contribution in [2.45, 2.75) is 25.7 Å². The van der Waals surface area contributed by atoms with E-state index in [0.29, 0.717) is 12.8 Å². The zero-order valence-electron chi connectivity index (χ0n) is 11.1. The Balaban J connectivity index is 5.51. The molecule has 0 saturated carbocycles. The molecule has 0 aliphatic carbocycles. The van der Waals surface area contributed by atoms with Gasteiger partial charge in [0.15, 0.2) is 0 Å². The second-order valence-electron chi connectivity index (χ2n) is 4.85. The Labute approximate surface area is 110 Å². The van der Waals surface area contributed by atoms with Gasteiger partial charge in [-0.1, -0.05) is 18.2 Å². The van der Waals surface area contributed by atoms with E-state index in [1.165, 1.54) is 0 Å². The molecule has 0 spiro atoms. The maximum atomic E-state index is 9.65. The highest BCUT2D eigenvalue weighted by atomic mass is 16.3. The molecule has 0 aromatic carbocycles. The van der Waals surface area contributed by atoms with E-state index in [4.69, 9.17) is 0 Å². The zero-order chi connectivity index (χ0) is 14.1. The fourth-order valence-corrected chi connectivity index (χ4v) is 2.57. The van der Waals surface area contributed by atoms with Crippen LogP contribution in [0.1, 0.15) is 25.7 Å². The van der Waals surface area contributed by atoms with Gasteiger partial charge in [-0.3, -0.25) is 0 Å². The molecule has 3 N–H and O–H groups in total. The molecule has 0 fully saturated rings. The fraction of sp³-hybridized carbons (Fsp3) is 0.600. The third-order valence-corrected chi connectivity index (χ3v) is 3.93. The largest absolute Gasteiger partial charge is 0.396 e. The summed E-state index contributed by atoms with van der Waals surface area (Å²) in [4.78, 5) is 0. The van der Waals surface area contributed by atoms with Gasteiger partial charge in [0, 0.05) is 5.41 Å². The monoisotopic (exact) mass is 254 g/mol. The highest BCUT2D eigenvalue weighted by Gasteiger charge is 2.48. The average Bonchev–Trinajstić information content (AvgIpc) is 2.39. The average molecular weight is 254 g/mol. The van der Waals surface area contributed by atoms with Crippen LogP contribution < -0.4 is 0 Å². The first-order chi connectivity index (χ1) is 8.61. The standard InChI is InChI=1S/C15H26O3/c1-4-7-10-14(8-5-2,9-6-3)15(11-16,12-17)13-18/h4-6,16-18H,1-3,7-13H2.